The standard InChI is InChI=1S/C14H12N4/c15-12-9-17-7-5-14(12)18-13-3-1-2-10-4-6-16-8-11(10)13/h1-9H,15H2,(H,17,18). The average Bonchev–Trinajstić information content (AvgIpc) is 2.42. The Labute approximate surface area is 104 Å². The fraction of sp³-hybridized carbons (Fsp3) is 0. The second kappa shape index (κ2) is 4.33. The van der Waals surface area contributed by atoms with Gasteiger partial charge in [0.05, 0.1) is 17.6 Å². The van der Waals surface area contributed by atoms with Crippen molar-refractivity contribution in [3.8, 4) is 0 Å². The van der Waals surface area contributed by atoms with Crippen molar-refractivity contribution < 1.29 is 0 Å². The van der Waals surface area contributed by atoms with E-state index in [-0.39, 0.29) is 0 Å². The summed E-state index contributed by atoms with van der Waals surface area (Å²) >= 11 is 0. The van der Waals surface area contributed by atoms with Crippen molar-refractivity contribution in [2.75, 3.05) is 11.1 Å². The maximum Gasteiger partial charge on any atom is 0.0739 e. The highest BCUT2D eigenvalue weighted by Gasteiger charge is 2.03. The van der Waals surface area contributed by atoms with Crippen LogP contribution >= 0.6 is 0 Å². The number of nitrogens with one attached hydrogen (secondary N) is 1. The van der Waals surface area contributed by atoms with Crippen molar-refractivity contribution in [1.82, 2.24) is 9.97 Å². The Morgan fingerprint density at radius 3 is 2.61 bits per heavy atom. The van der Waals surface area contributed by atoms with E-state index >= 15 is 0 Å². The minimum atomic E-state index is 0.624. The third-order valence-corrected chi connectivity index (χ3v) is 2.80. The molecule has 4 nitrogen and oxygen atoms in total. The molecule has 0 radical (unpaired) electrons. The molecular weight excluding hydrogens is 224 g/mol. The Morgan fingerprint density at radius 1 is 0.889 bits per heavy atom. The molecule has 0 aliphatic rings. The number of nitrogens with zero attached hydrogens (tertiary/aromatic N) is 2. The van der Waals surface area contributed by atoms with Crippen LogP contribution in [0.2, 0.25) is 0 Å². The van der Waals surface area contributed by atoms with Gasteiger partial charge in [-0.05, 0) is 23.6 Å². The zero-order chi connectivity index (χ0) is 12.4. The van der Waals surface area contributed by atoms with Crippen LogP contribution in [-0.2, 0) is 0 Å². The molecule has 2 aromatic heterocycles. The first-order chi connectivity index (χ1) is 8.84. The second-order valence-corrected chi connectivity index (χ2v) is 3.99. The summed E-state index contributed by atoms with van der Waals surface area (Å²) in [6, 6.07) is 9.89. The molecule has 0 aliphatic carbocycles. The molecule has 0 unspecified atom stereocenters. The van der Waals surface area contributed by atoms with Gasteiger partial charge >= 0.3 is 0 Å². The molecule has 0 aliphatic heterocycles. The maximum absolute atomic E-state index is 5.87. The van der Waals surface area contributed by atoms with Crippen molar-refractivity contribution in [1.29, 1.82) is 0 Å². The molecule has 0 bridgehead atoms. The van der Waals surface area contributed by atoms with Crippen LogP contribution < -0.4 is 11.1 Å². The highest BCUT2D eigenvalue weighted by Crippen LogP contribution is 2.27. The molecule has 0 spiro atoms. The summed E-state index contributed by atoms with van der Waals surface area (Å²) in [5, 5.41) is 5.52. The Kier molecular flexibility index (Phi) is 2.53. The number of fused-ring (bicyclic) bond motifs is 1. The van der Waals surface area contributed by atoms with Crippen LogP contribution in [0.5, 0.6) is 0 Å². The first-order valence-electron chi connectivity index (χ1n) is 5.64. The van der Waals surface area contributed by atoms with Crippen molar-refractivity contribution >= 4 is 27.8 Å². The first kappa shape index (κ1) is 10.5. The molecule has 88 valence electrons. The van der Waals surface area contributed by atoms with Gasteiger partial charge in [0, 0.05) is 29.7 Å². The molecule has 0 amide bonds. The normalized spacial score (nSPS) is 10.4. The molecule has 18 heavy (non-hydrogen) atoms. The molecule has 0 saturated heterocycles. The third kappa shape index (κ3) is 1.84. The molecule has 3 N–H and O–H groups in total. The lowest BCUT2D eigenvalue weighted by Crippen LogP contribution is -1.97. The fourth-order valence-corrected chi connectivity index (χ4v) is 1.89. The summed E-state index contributed by atoms with van der Waals surface area (Å²) in [4.78, 5) is 8.13. The fourth-order valence-electron chi connectivity index (χ4n) is 1.89. The van der Waals surface area contributed by atoms with E-state index in [9.17, 15) is 0 Å². The zero-order valence-corrected chi connectivity index (χ0v) is 9.67. The van der Waals surface area contributed by atoms with Crippen molar-refractivity contribution in [3.05, 3.63) is 55.1 Å². The number of nitrogen functional groups attached to an aromatic ring is 1. The van der Waals surface area contributed by atoms with Crippen LogP contribution in [0.15, 0.2) is 55.1 Å². The summed E-state index contributed by atoms with van der Waals surface area (Å²) in [7, 11) is 0. The second-order valence-electron chi connectivity index (χ2n) is 3.99. The molecule has 0 fully saturated rings. The summed E-state index contributed by atoms with van der Waals surface area (Å²) in [6.07, 6.45) is 6.97. The van der Waals surface area contributed by atoms with Crippen molar-refractivity contribution in [2.45, 2.75) is 0 Å². The van der Waals surface area contributed by atoms with E-state index in [1.54, 1.807) is 18.6 Å². The minimum Gasteiger partial charge on any atom is -0.396 e. The van der Waals surface area contributed by atoms with Crippen molar-refractivity contribution in [2.24, 2.45) is 0 Å². The smallest absolute Gasteiger partial charge is 0.0739 e. The Bertz CT molecular complexity index is 689. The summed E-state index contributed by atoms with van der Waals surface area (Å²) < 4.78 is 0. The van der Waals surface area contributed by atoms with E-state index < -0.39 is 0 Å². The monoisotopic (exact) mass is 236 g/mol. The van der Waals surface area contributed by atoms with Gasteiger partial charge in [-0.1, -0.05) is 12.1 Å². The topological polar surface area (TPSA) is 63.8 Å². The number of anilines is 3. The summed E-state index contributed by atoms with van der Waals surface area (Å²) in [6.45, 7) is 0. The van der Waals surface area contributed by atoms with E-state index in [0.717, 1.165) is 22.1 Å². The molecule has 2 heterocycles. The first-order valence-corrected chi connectivity index (χ1v) is 5.64. The minimum absolute atomic E-state index is 0.624. The molecule has 3 aromatic rings. The number of aromatic nitrogens is 2. The summed E-state index contributed by atoms with van der Waals surface area (Å²) in [5.74, 6) is 0. The number of nitrogens with two attached hydrogens (primary N) is 1. The van der Waals surface area contributed by atoms with Gasteiger partial charge < -0.3 is 11.1 Å². The van der Waals surface area contributed by atoms with Crippen molar-refractivity contribution in [3.63, 3.8) is 0 Å². The van der Waals surface area contributed by atoms with Crippen LogP contribution in [0, 0.1) is 0 Å². The number of benzene rings is 1. The highest BCUT2D eigenvalue weighted by atomic mass is 14.9. The lowest BCUT2D eigenvalue weighted by atomic mass is 10.1. The Balaban J connectivity index is 2.08. The summed E-state index contributed by atoms with van der Waals surface area (Å²) in [5.41, 5.74) is 8.33. The quantitative estimate of drug-likeness (QED) is 0.718. The zero-order valence-electron chi connectivity index (χ0n) is 9.67. The van der Waals surface area contributed by atoms with Crippen LogP contribution in [0.4, 0.5) is 17.1 Å². The van der Waals surface area contributed by atoms with Gasteiger partial charge in [0.2, 0.25) is 0 Å². The van der Waals surface area contributed by atoms with Crippen LogP contribution in [0.1, 0.15) is 0 Å². The lowest BCUT2D eigenvalue weighted by Gasteiger charge is -2.10. The molecule has 0 atom stereocenters. The van der Waals surface area contributed by atoms with Crippen LogP contribution in [0.3, 0.4) is 0 Å². The Morgan fingerprint density at radius 2 is 1.72 bits per heavy atom. The van der Waals surface area contributed by atoms with E-state index in [1.807, 2.05) is 30.5 Å². The van der Waals surface area contributed by atoms with Gasteiger partial charge in [0.1, 0.15) is 0 Å². The van der Waals surface area contributed by atoms with Gasteiger partial charge in [0.25, 0.3) is 0 Å². The highest BCUT2D eigenvalue weighted by molar-refractivity contribution is 5.95. The van der Waals surface area contributed by atoms with Crippen LogP contribution in [0.25, 0.3) is 10.8 Å². The molecule has 1 aromatic carbocycles. The van der Waals surface area contributed by atoms with E-state index in [0.29, 0.717) is 5.69 Å². The van der Waals surface area contributed by atoms with Gasteiger partial charge in [0.15, 0.2) is 0 Å². The van der Waals surface area contributed by atoms with Gasteiger partial charge in [-0.15, -0.1) is 0 Å². The Hall–Kier alpha value is -2.62. The molecular formula is C14H12N4. The average molecular weight is 236 g/mol. The SMILES string of the molecule is Nc1cnccc1Nc1cccc2ccncc12. The van der Waals surface area contributed by atoms with Crippen LogP contribution in [-0.4, -0.2) is 9.97 Å². The number of hydrogen-bond donors (Lipinski definition) is 2. The number of pyridine rings is 2. The van der Waals surface area contributed by atoms with E-state index in [4.69, 9.17) is 5.73 Å². The molecule has 0 saturated carbocycles. The number of hydrogen-bond acceptors (Lipinski definition) is 4. The van der Waals surface area contributed by atoms with Gasteiger partial charge in [-0.2, -0.15) is 0 Å². The lowest BCUT2D eigenvalue weighted by molar-refractivity contribution is 1.33. The van der Waals surface area contributed by atoms with E-state index in [2.05, 4.69) is 21.4 Å². The van der Waals surface area contributed by atoms with Gasteiger partial charge in [-0.25, -0.2) is 0 Å². The number of rotatable bonds is 2. The third-order valence-electron chi connectivity index (χ3n) is 2.80. The maximum atomic E-state index is 5.87. The predicted molar refractivity (Wildman–Crippen MR) is 73.7 cm³/mol. The predicted octanol–water partition coefficient (Wildman–Crippen LogP) is 2.96. The van der Waals surface area contributed by atoms with Gasteiger partial charge in [-0.3, -0.25) is 9.97 Å². The molecule has 3 rings (SSSR count). The molecule has 4 heteroatoms. The largest absolute Gasteiger partial charge is 0.396 e. The van der Waals surface area contributed by atoms with E-state index in [1.165, 1.54) is 0 Å².